The lowest BCUT2D eigenvalue weighted by Gasteiger charge is -2.36. The number of piperidine rings is 1. The number of fused-ring (bicyclic) bond motifs is 2. The first-order valence-electron chi connectivity index (χ1n) is 13.1. The first-order valence-corrected chi connectivity index (χ1v) is 13.5. The zero-order chi connectivity index (χ0) is 27.0. The van der Waals surface area contributed by atoms with E-state index in [9.17, 15) is 4.79 Å². The zero-order valence-electron chi connectivity index (χ0n) is 22.0. The Bertz CT molecular complexity index is 1170. The van der Waals surface area contributed by atoms with E-state index in [1.165, 1.54) is 4.90 Å². The van der Waals surface area contributed by atoms with Gasteiger partial charge in [0.1, 0.15) is 11.7 Å². The SMILES string of the molecule is CC(C)(C)OC(=O)N1CCC(Oc2cc(N3CC4CCN(c5cc(Cl)nnc5N)CC3C4)ccn2)C(F)C1. The monoisotopic (exact) mass is 547 g/mol. The number of carbonyl (C=O) groups is 1. The molecule has 38 heavy (non-hydrogen) atoms. The van der Waals surface area contributed by atoms with Gasteiger partial charge in [-0.05, 0) is 45.6 Å². The molecule has 10 nitrogen and oxygen atoms in total. The fourth-order valence-corrected chi connectivity index (χ4v) is 5.68. The number of aromatic nitrogens is 3. The van der Waals surface area contributed by atoms with Gasteiger partial charge >= 0.3 is 6.09 Å². The highest BCUT2D eigenvalue weighted by atomic mass is 35.5. The number of hydrogen-bond acceptors (Lipinski definition) is 9. The molecule has 3 aliphatic heterocycles. The molecule has 206 valence electrons. The van der Waals surface area contributed by atoms with E-state index in [0.717, 1.165) is 43.9 Å². The van der Waals surface area contributed by atoms with Crippen LogP contribution in [0.25, 0.3) is 0 Å². The van der Waals surface area contributed by atoms with Crippen LogP contribution in [0.15, 0.2) is 24.4 Å². The van der Waals surface area contributed by atoms with Crippen LogP contribution in [-0.4, -0.2) is 82.8 Å². The first-order chi connectivity index (χ1) is 18.1. The second-order valence-corrected chi connectivity index (χ2v) is 11.7. The van der Waals surface area contributed by atoms with Crippen molar-refractivity contribution in [3.8, 4) is 5.88 Å². The predicted octanol–water partition coefficient (Wildman–Crippen LogP) is 3.94. The molecule has 5 rings (SSSR count). The number of amides is 1. The molecule has 2 N–H and O–H groups in total. The summed E-state index contributed by atoms with van der Waals surface area (Å²) in [5.74, 6) is 1.30. The van der Waals surface area contributed by atoms with Crippen molar-refractivity contribution in [3.63, 3.8) is 0 Å². The zero-order valence-corrected chi connectivity index (χ0v) is 22.8. The topological polar surface area (TPSA) is 110 Å². The third-order valence-corrected chi connectivity index (χ3v) is 7.49. The van der Waals surface area contributed by atoms with E-state index in [1.807, 2.05) is 12.1 Å². The number of alkyl halides is 1. The van der Waals surface area contributed by atoms with Crippen molar-refractivity contribution >= 4 is 34.9 Å². The molecule has 12 heteroatoms. The highest BCUT2D eigenvalue weighted by molar-refractivity contribution is 6.29. The number of anilines is 3. The minimum absolute atomic E-state index is 0.0675. The summed E-state index contributed by atoms with van der Waals surface area (Å²) < 4.78 is 26.4. The van der Waals surface area contributed by atoms with Gasteiger partial charge < -0.3 is 29.9 Å². The number of rotatable bonds is 4. The molecule has 0 saturated carbocycles. The Balaban J connectivity index is 1.24. The second-order valence-electron chi connectivity index (χ2n) is 11.3. The first kappa shape index (κ1) is 26.5. The van der Waals surface area contributed by atoms with Crippen LogP contribution in [0, 0.1) is 5.92 Å². The van der Waals surface area contributed by atoms with Crippen molar-refractivity contribution in [1.29, 1.82) is 0 Å². The number of carbonyl (C=O) groups excluding carboxylic acids is 1. The molecule has 2 bridgehead atoms. The Morgan fingerprint density at radius 2 is 1.97 bits per heavy atom. The maximum Gasteiger partial charge on any atom is 0.410 e. The lowest BCUT2D eigenvalue weighted by molar-refractivity contribution is -0.0114. The smallest absolute Gasteiger partial charge is 0.410 e. The van der Waals surface area contributed by atoms with Gasteiger partial charge in [-0.1, -0.05) is 11.6 Å². The van der Waals surface area contributed by atoms with Gasteiger partial charge in [0.2, 0.25) is 5.88 Å². The normalized spacial score (nSPS) is 25.8. The molecule has 3 saturated heterocycles. The average Bonchev–Trinajstić information content (AvgIpc) is 3.13. The minimum atomic E-state index is -1.34. The van der Waals surface area contributed by atoms with Crippen molar-refractivity contribution in [2.75, 3.05) is 48.3 Å². The van der Waals surface area contributed by atoms with E-state index in [2.05, 4.69) is 25.0 Å². The second kappa shape index (κ2) is 10.6. The van der Waals surface area contributed by atoms with Gasteiger partial charge in [0.15, 0.2) is 17.1 Å². The maximum absolute atomic E-state index is 15.0. The summed E-state index contributed by atoms with van der Waals surface area (Å²) >= 11 is 6.10. The van der Waals surface area contributed by atoms with Crippen LogP contribution in [-0.2, 0) is 4.74 Å². The molecule has 4 unspecified atom stereocenters. The van der Waals surface area contributed by atoms with Gasteiger partial charge in [-0.2, -0.15) is 0 Å². The van der Waals surface area contributed by atoms with Crippen molar-refractivity contribution in [1.82, 2.24) is 20.1 Å². The van der Waals surface area contributed by atoms with Crippen LogP contribution in [0.1, 0.15) is 40.0 Å². The van der Waals surface area contributed by atoms with Crippen molar-refractivity contribution in [2.45, 2.75) is 64.0 Å². The van der Waals surface area contributed by atoms with Gasteiger partial charge in [-0.15, -0.1) is 10.2 Å². The number of nitrogens with two attached hydrogens (primary N) is 1. The van der Waals surface area contributed by atoms with Crippen LogP contribution in [0.5, 0.6) is 5.88 Å². The molecule has 2 aromatic heterocycles. The molecule has 4 atom stereocenters. The van der Waals surface area contributed by atoms with Gasteiger partial charge in [-0.3, -0.25) is 0 Å². The van der Waals surface area contributed by atoms with E-state index in [4.69, 9.17) is 26.8 Å². The summed E-state index contributed by atoms with van der Waals surface area (Å²) in [7, 11) is 0. The third kappa shape index (κ3) is 5.98. The van der Waals surface area contributed by atoms with Crippen LogP contribution < -0.4 is 20.3 Å². The Labute approximate surface area is 227 Å². The number of likely N-dealkylation sites (tertiary alicyclic amines) is 1. The number of nitrogens with zero attached hydrogens (tertiary/aromatic N) is 6. The summed E-state index contributed by atoms with van der Waals surface area (Å²) in [6.07, 6.45) is 1.63. The average molecular weight is 548 g/mol. The number of ether oxygens (including phenoxy) is 2. The Morgan fingerprint density at radius 1 is 1.16 bits per heavy atom. The molecule has 3 fully saturated rings. The minimum Gasteiger partial charge on any atom is -0.471 e. The standard InChI is InChI=1S/C26H35ClFN7O3/c1-26(2,3)38-25(36)34-9-6-21(19(28)15-34)37-23-11-17(4-7-30-23)35-13-16-5-8-33(14-18(35)10-16)20-12-22(27)31-32-24(20)29/h4,7,11-12,16,18-19,21H,5-6,8-10,13-15H2,1-3H3,(H2,29,32). The molecule has 0 aliphatic carbocycles. The van der Waals surface area contributed by atoms with Crippen molar-refractivity contribution < 1.29 is 18.7 Å². The molecular formula is C26H35ClFN7O3. The highest BCUT2D eigenvalue weighted by Crippen LogP contribution is 2.37. The van der Waals surface area contributed by atoms with E-state index < -0.39 is 24.0 Å². The number of hydrogen-bond donors (Lipinski definition) is 1. The van der Waals surface area contributed by atoms with Gasteiger partial charge in [0, 0.05) is 62.7 Å². The summed E-state index contributed by atoms with van der Waals surface area (Å²) in [6.45, 7) is 8.27. The van der Waals surface area contributed by atoms with Crippen molar-refractivity contribution in [2.24, 2.45) is 5.92 Å². The largest absolute Gasteiger partial charge is 0.471 e. The Kier molecular flexibility index (Phi) is 7.39. The maximum atomic E-state index is 15.0. The molecule has 0 spiro atoms. The molecule has 3 aliphatic rings. The Morgan fingerprint density at radius 3 is 2.74 bits per heavy atom. The van der Waals surface area contributed by atoms with Crippen LogP contribution in [0.2, 0.25) is 5.15 Å². The van der Waals surface area contributed by atoms with Crippen molar-refractivity contribution in [3.05, 3.63) is 29.5 Å². The fraction of sp³-hybridized carbons (Fsp3) is 0.615. The molecule has 0 radical (unpaired) electrons. The van der Waals surface area contributed by atoms with Gasteiger partial charge in [-0.25, -0.2) is 14.2 Å². The van der Waals surface area contributed by atoms with E-state index in [1.54, 1.807) is 33.0 Å². The highest BCUT2D eigenvalue weighted by Gasteiger charge is 2.38. The summed E-state index contributed by atoms with van der Waals surface area (Å²) in [5.41, 5.74) is 7.29. The third-order valence-electron chi connectivity index (χ3n) is 7.31. The quantitative estimate of drug-likeness (QED) is 0.608. The Hall–Kier alpha value is -3.08. The van der Waals surface area contributed by atoms with E-state index >= 15 is 4.39 Å². The number of pyridine rings is 1. The van der Waals surface area contributed by atoms with Gasteiger partial charge in [0.25, 0.3) is 0 Å². The molecule has 5 heterocycles. The molecule has 2 aromatic rings. The van der Waals surface area contributed by atoms with Crippen LogP contribution in [0.4, 0.5) is 26.4 Å². The predicted molar refractivity (Wildman–Crippen MR) is 143 cm³/mol. The van der Waals surface area contributed by atoms with E-state index in [0.29, 0.717) is 35.7 Å². The lowest BCUT2D eigenvalue weighted by atomic mass is 10.0. The summed E-state index contributed by atoms with van der Waals surface area (Å²) in [6, 6.07) is 5.88. The number of nitrogen functional groups attached to an aromatic ring is 1. The number of halogens is 2. The molecule has 0 aromatic carbocycles. The van der Waals surface area contributed by atoms with Crippen LogP contribution >= 0.6 is 11.6 Å². The lowest BCUT2D eigenvalue weighted by Crippen LogP contribution is -2.50. The fourth-order valence-electron chi connectivity index (χ4n) is 5.54. The summed E-state index contributed by atoms with van der Waals surface area (Å²) in [5, 5.41) is 8.14. The molecular weight excluding hydrogens is 513 g/mol. The summed E-state index contributed by atoms with van der Waals surface area (Å²) in [4.78, 5) is 22.7. The van der Waals surface area contributed by atoms with Gasteiger partial charge in [0.05, 0.1) is 12.2 Å². The van der Waals surface area contributed by atoms with Crippen LogP contribution in [0.3, 0.4) is 0 Å². The van der Waals surface area contributed by atoms with E-state index in [-0.39, 0.29) is 12.6 Å². The molecule has 1 amide bonds.